The Hall–Kier alpha value is -2.84. The molecule has 1 fully saturated rings. The van der Waals surface area contributed by atoms with E-state index in [1.807, 2.05) is 0 Å². The molecule has 10 heteroatoms. The van der Waals surface area contributed by atoms with Crippen LogP contribution in [0.2, 0.25) is 10.0 Å². The van der Waals surface area contributed by atoms with E-state index in [0.29, 0.717) is 52.1 Å². The zero-order valence-corrected chi connectivity index (χ0v) is 20.9. The van der Waals surface area contributed by atoms with Gasteiger partial charge < -0.3 is 5.32 Å². The first-order valence-corrected chi connectivity index (χ1v) is 12.5. The molecule has 190 valence electrons. The number of carbonyl (C=O) groups is 1. The van der Waals surface area contributed by atoms with Crippen molar-refractivity contribution >= 4 is 40.6 Å². The number of aromatic nitrogens is 2. The maximum atomic E-state index is 13.4. The minimum Gasteiger partial charge on any atom is -0.310 e. The molecule has 1 heterocycles. The second-order valence-corrected chi connectivity index (χ2v) is 9.57. The van der Waals surface area contributed by atoms with Gasteiger partial charge in [0.15, 0.2) is 5.69 Å². The van der Waals surface area contributed by atoms with Gasteiger partial charge >= 0.3 is 6.18 Å². The number of nitrogens with one attached hydrogen (secondary N) is 1. The maximum Gasteiger partial charge on any atom is 0.435 e. The number of amidine groups is 1. The van der Waals surface area contributed by atoms with Gasteiger partial charge in [-0.2, -0.15) is 18.3 Å². The number of hydrogen-bond donors (Lipinski definition) is 1. The molecular formula is C26H25Cl2F3N4O. The Morgan fingerprint density at radius 2 is 1.83 bits per heavy atom. The summed E-state index contributed by atoms with van der Waals surface area (Å²) in [5.41, 5.74) is 0.511. The van der Waals surface area contributed by atoms with Gasteiger partial charge in [-0.25, -0.2) is 4.99 Å². The number of hydrogen-bond acceptors (Lipinski definition) is 3. The van der Waals surface area contributed by atoms with Gasteiger partial charge in [0.25, 0.3) is 5.91 Å². The number of rotatable bonds is 7. The first-order chi connectivity index (χ1) is 17.2. The molecule has 0 aliphatic heterocycles. The van der Waals surface area contributed by atoms with E-state index in [-0.39, 0.29) is 6.04 Å². The minimum atomic E-state index is -4.50. The summed E-state index contributed by atoms with van der Waals surface area (Å²) in [4.78, 5) is 17.4. The highest BCUT2D eigenvalue weighted by atomic mass is 35.5. The van der Waals surface area contributed by atoms with Crippen molar-refractivity contribution < 1.29 is 18.0 Å². The average Bonchev–Trinajstić information content (AvgIpc) is 3.49. The highest BCUT2D eigenvalue weighted by Crippen LogP contribution is 2.34. The van der Waals surface area contributed by atoms with Crippen molar-refractivity contribution in [1.29, 1.82) is 0 Å². The molecule has 0 saturated heterocycles. The van der Waals surface area contributed by atoms with Gasteiger partial charge in [-0.05, 0) is 62.1 Å². The van der Waals surface area contributed by atoms with Crippen molar-refractivity contribution in [1.82, 2.24) is 15.1 Å². The molecule has 1 N–H and O–H groups in total. The van der Waals surface area contributed by atoms with Crippen LogP contribution in [0.15, 0.2) is 59.6 Å². The first kappa shape index (κ1) is 26.2. The largest absolute Gasteiger partial charge is 0.435 e. The lowest BCUT2D eigenvalue weighted by atomic mass is 10.1. The predicted octanol–water partition coefficient (Wildman–Crippen LogP) is 7.81. The Morgan fingerprint density at radius 3 is 2.53 bits per heavy atom. The molecule has 0 radical (unpaired) electrons. The van der Waals surface area contributed by atoms with Crippen LogP contribution >= 0.6 is 23.2 Å². The number of nitrogens with zero attached hydrogens (tertiary/aromatic N) is 3. The third-order valence-corrected chi connectivity index (χ3v) is 6.63. The molecule has 1 aliphatic carbocycles. The summed E-state index contributed by atoms with van der Waals surface area (Å²) < 4.78 is 41.6. The number of aliphatic imine (C=N–C) groups is 1. The Kier molecular flexibility index (Phi) is 8.36. The van der Waals surface area contributed by atoms with Crippen LogP contribution in [0.25, 0.3) is 0 Å². The average molecular weight is 537 g/mol. The summed E-state index contributed by atoms with van der Waals surface area (Å²) in [6.07, 6.45) is 0.239. The molecule has 1 aliphatic rings. The summed E-state index contributed by atoms with van der Waals surface area (Å²) in [6.45, 7) is 0. The molecule has 5 nitrogen and oxygen atoms in total. The fourth-order valence-electron chi connectivity index (χ4n) is 4.35. The number of amides is 1. The van der Waals surface area contributed by atoms with Gasteiger partial charge in [0.05, 0.1) is 22.3 Å². The summed E-state index contributed by atoms with van der Waals surface area (Å²) in [6, 6.07) is 14.6. The fourth-order valence-corrected chi connectivity index (χ4v) is 4.76. The SMILES string of the molecule is O=C(NC(CCCc1cc(C(F)(F)F)nn1C1CCCC1)=Nc1cccc(Cl)c1)c1ccccc1Cl. The van der Waals surface area contributed by atoms with Crippen LogP contribution < -0.4 is 5.32 Å². The quantitative estimate of drug-likeness (QED) is 0.247. The molecule has 1 saturated carbocycles. The second kappa shape index (κ2) is 11.5. The molecule has 0 spiro atoms. The van der Waals surface area contributed by atoms with Crippen LogP contribution in [0.5, 0.6) is 0 Å². The van der Waals surface area contributed by atoms with Crippen molar-refractivity contribution in [2.75, 3.05) is 0 Å². The number of aryl methyl sites for hydroxylation is 1. The Labute approximate surface area is 217 Å². The molecule has 4 rings (SSSR count). The van der Waals surface area contributed by atoms with E-state index in [9.17, 15) is 18.0 Å². The number of halogens is 5. The van der Waals surface area contributed by atoms with E-state index in [0.717, 1.165) is 31.7 Å². The summed E-state index contributed by atoms with van der Waals surface area (Å²) >= 11 is 12.2. The van der Waals surface area contributed by atoms with Gasteiger partial charge in [0.2, 0.25) is 0 Å². The smallest absolute Gasteiger partial charge is 0.310 e. The summed E-state index contributed by atoms with van der Waals surface area (Å²) in [5, 5.41) is 7.50. The molecule has 36 heavy (non-hydrogen) atoms. The predicted molar refractivity (Wildman–Crippen MR) is 135 cm³/mol. The standard InChI is InChI=1S/C26H25Cl2F3N4O/c27-17-7-5-8-18(15-17)32-24(33-25(36)21-12-3-4-13-22(21)28)14-6-11-20-16-23(26(29,30)31)34-35(20)19-9-1-2-10-19/h3-5,7-8,12-13,15-16,19H,1-2,6,9-11,14H2,(H,32,33,36). The zero-order valence-electron chi connectivity index (χ0n) is 19.4. The normalized spacial score (nSPS) is 14.9. The van der Waals surface area contributed by atoms with Crippen LogP contribution in [0.4, 0.5) is 18.9 Å². The molecule has 1 aromatic heterocycles. The number of benzene rings is 2. The topological polar surface area (TPSA) is 59.3 Å². The van der Waals surface area contributed by atoms with Crippen LogP contribution in [0, 0.1) is 0 Å². The van der Waals surface area contributed by atoms with Gasteiger partial charge in [-0.15, -0.1) is 0 Å². The van der Waals surface area contributed by atoms with Crippen molar-refractivity contribution in [3.8, 4) is 0 Å². The molecule has 0 atom stereocenters. The fraction of sp³-hybridized carbons (Fsp3) is 0.346. The highest BCUT2D eigenvalue weighted by molar-refractivity contribution is 6.34. The van der Waals surface area contributed by atoms with Crippen molar-refractivity contribution in [3.63, 3.8) is 0 Å². The van der Waals surface area contributed by atoms with E-state index >= 15 is 0 Å². The van der Waals surface area contributed by atoms with Crippen molar-refractivity contribution in [2.24, 2.45) is 4.99 Å². The van der Waals surface area contributed by atoms with Crippen LogP contribution in [0.3, 0.4) is 0 Å². The minimum absolute atomic E-state index is 0.0179. The lowest BCUT2D eigenvalue weighted by Gasteiger charge is -2.15. The van der Waals surface area contributed by atoms with E-state index in [1.165, 1.54) is 0 Å². The highest BCUT2D eigenvalue weighted by Gasteiger charge is 2.36. The van der Waals surface area contributed by atoms with Gasteiger partial charge in [0, 0.05) is 17.1 Å². The lowest BCUT2D eigenvalue weighted by molar-refractivity contribution is -0.141. The van der Waals surface area contributed by atoms with Crippen molar-refractivity contribution in [2.45, 2.75) is 57.2 Å². The third kappa shape index (κ3) is 6.68. The molecule has 1 amide bonds. The number of alkyl halides is 3. The van der Waals surface area contributed by atoms with E-state index in [2.05, 4.69) is 15.4 Å². The Balaban J connectivity index is 1.53. The number of carbonyl (C=O) groups excluding carboxylic acids is 1. The summed E-state index contributed by atoms with van der Waals surface area (Å²) in [5.74, 6) is -0.0538. The molecule has 2 aromatic carbocycles. The van der Waals surface area contributed by atoms with E-state index < -0.39 is 17.8 Å². The molecule has 0 bridgehead atoms. The molecule has 0 unspecified atom stereocenters. The van der Waals surface area contributed by atoms with Gasteiger partial charge in [-0.1, -0.05) is 54.2 Å². The Bertz CT molecular complexity index is 1250. The third-order valence-electron chi connectivity index (χ3n) is 6.07. The van der Waals surface area contributed by atoms with Crippen molar-refractivity contribution in [3.05, 3.63) is 81.6 Å². The van der Waals surface area contributed by atoms with Gasteiger partial charge in [-0.3, -0.25) is 9.48 Å². The zero-order chi connectivity index (χ0) is 25.7. The van der Waals surface area contributed by atoms with E-state index in [1.54, 1.807) is 53.2 Å². The van der Waals surface area contributed by atoms with E-state index in [4.69, 9.17) is 23.2 Å². The Morgan fingerprint density at radius 1 is 1.08 bits per heavy atom. The summed E-state index contributed by atoms with van der Waals surface area (Å²) in [7, 11) is 0. The monoisotopic (exact) mass is 536 g/mol. The molecule has 3 aromatic rings. The van der Waals surface area contributed by atoms with Gasteiger partial charge in [0.1, 0.15) is 5.84 Å². The maximum absolute atomic E-state index is 13.4. The van der Waals surface area contributed by atoms with Crippen LogP contribution in [-0.2, 0) is 12.6 Å². The molecular weight excluding hydrogens is 512 g/mol. The van der Waals surface area contributed by atoms with Crippen LogP contribution in [-0.4, -0.2) is 21.5 Å². The first-order valence-electron chi connectivity index (χ1n) is 11.8. The lowest BCUT2D eigenvalue weighted by Crippen LogP contribution is -2.30. The second-order valence-electron chi connectivity index (χ2n) is 8.73. The van der Waals surface area contributed by atoms with Crippen LogP contribution in [0.1, 0.15) is 66.3 Å².